The Morgan fingerprint density at radius 2 is 2.29 bits per heavy atom. The second kappa shape index (κ2) is 6.73. The summed E-state index contributed by atoms with van der Waals surface area (Å²) in [6.07, 6.45) is -0.702. The number of azide groups is 1. The van der Waals surface area contributed by atoms with Crippen LogP contribution in [0.15, 0.2) is 5.11 Å². The summed E-state index contributed by atoms with van der Waals surface area (Å²) in [5.41, 5.74) is 8.01. The third kappa shape index (κ3) is 5.00. The lowest BCUT2D eigenvalue weighted by Gasteiger charge is -2.13. The average Bonchev–Trinajstić information content (AvgIpc) is 2.15. The summed E-state index contributed by atoms with van der Waals surface area (Å²) in [4.78, 5) is 24.2. The van der Waals surface area contributed by atoms with Gasteiger partial charge in [0, 0.05) is 25.4 Å². The van der Waals surface area contributed by atoms with E-state index in [-0.39, 0.29) is 13.0 Å². The van der Waals surface area contributed by atoms with E-state index in [0.29, 0.717) is 0 Å². The summed E-state index contributed by atoms with van der Waals surface area (Å²) in [6, 6.07) is 0. The van der Waals surface area contributed by atoms with Crippen molar-refractivity contribution in [3.05, 3.63) is 10.4 Å². The highest BCUT2D eigenvalue weighted by molar-refractivity contribution is 5.83. The van der Waals surface area contributed by atoms with Gasteiger partial charge in [0.05, 0.1) is 0 Å². The van der Waals surface area contributed by atoms with Crippen LogP contribution in [0.4, 0.5) is 0 Å². The molecule has 0 bridgehead atoms. The van der Waals surface area contributed by atoms with Crippen LogP contribution in [0, 0.1) is 0 Å². The highest BCUT2D eigenvalue weighted by Crippen LogP contribution is 2.00. The molecule has 7 nitrogen and oxygen atoms in total. The lowest BCUT2D eigenvalue weighted by Crippen LogP contribution is -2.35. The van der Waals surface area contributed by atoms with Gasteiger partial charge >= 0.3 is 5.97 Å². The van der Waals surface area contributed by atoms with E-state index in [2.05, 4.69) is 15.3 Å². The molecule has 0 aliphatic carbocycles. The summed E-state index contributed by atoms with van der Waals surface area (Å²) in [6.45, 7) is 1.32. The van der Waals surface area contributed by atoms with Crippen molar-refractivity contribution in [1.82, 2.24) is 5.32 Å². The van der Waals surface area contributed by atoms with Gasteiger partial charge in [-0.05, 0) is 12.0 Å². The molecule has 0 rings (SSSR count). The Morgan fingerprint density at radius 1 is 1.64 bits per heavy atom. The van der Waals surface area contributed by atoms with Gasteiger partial charge in [-0.3, -0.25) is 9.59 Å². The molecule has 0 aromatic rings. The number of amides is 1. The van der Waals surface area contributed by atoms with Crippen molar-refractivity contribution in [1.29, 1.82) is 0 Å². The maximum Gasteiger partial charge on any atom is 0.303 e. The highest BCUT2D eigenvalue weighted by Gasteiger charge is 2.19. The number of nitrogens with zero attached hydrogens (tertiary/aromatic N) is 3. The normalized spacial score (nSPS) is 11.0. The van der Waals surface area contributed by atoms with Crippen LogP contribution in [0.3, 0.4) is 0 Å². The number of hydrogen-bond acceptors (Lipinski definition) is 4. The first-order valence-electron chi connectivity index (χ1n) is 4.01. The molecule has 0 aromatic carbocycles. The number of carbonyl (C=O) groups is 2. The van der Waals surface area contributed by atoms with E-state index >= 15 is 0 Å². The quantitative estimate of drug-likeness (QED) is 0.300. The maximum absolute atomic E-state index is 11.1. The first-order chi connectivity index (χ1) is 6.61. The van der Waals surface area contributed by atoms with Gasteiger partial charge in [-0.2, -0.15) is 0 Å². The van der Waals surface area contributed by atoms with Crippen molar-refractivity contribution in [3.8, 4) is 0 Å². The molecule has 1 unspecified atom stereocenters. The molecule has 1 atom stereocenters. The predicted octanol–water partition coefficient (Wildman–Crippen LogP) is 0.364. The van der Waals surface area contributed by atoms with E-state index in [0.717, 1.165) is 0 Å². The van der Waals surface area contributed by atoms with Crippen molar-refractivity contribution >= 4 is 11.9 Å². The smallest absolute Gasteiger partial charge is 0.303 e. The Labute approximate surface area is 81.0 Å². The molecule has 1 N–H and O–H groups in total. The van der Waals surface area contributed by atoms with Gasteiger partial charge in [0.1, 0.15) is 0 Å². The first-order valence-corrected chi connectivity index (χ1v) is 4.01. The zero-order valence-electron chi connectivity index (χ0n) is 8.06. The topological polar surface area (TPSA) is 104 Å². The zero-order valence-corrected chi connectivity index (χ0v) is 8.06. The summed E-state index contributed by atoms with van der Waals surface area (Å²) < 4.78 is 4.72. The average molecular weight is 200 g/mol. The van der Waals surface area contributed by atoms with Gasteiger partial charge in [0.25, 0.3) is 5.91 Å². The number of ether oxygens (including phenoxy) is 1. The van der Waals surface area contributed by atoms with Crippen LogP contribution in [-0.2, 0) is 14.3 Å². The van der Waals surface area contributed by atoms with Crippen LogP contribution in [-0.4, -0.2) is 31.6 Å². The molecule has 14 heavy (non-hydrogen) atoms. The second-order valence-electron chi connectivity index (χ2n) is 2.46. The summed E-state index contributed by atoms with van der Waals surface area (Å²) >= 11 is 0. The van der Waals surface area contributed by atoms with Crippen LogP contribution < -0.4 is 5.32 Å². The molecule has 78 valence electrons. The maximum atomic E-state index is 11.1. The molecule has 0 radical (unpaired) electrons. The Kier molecular flexibility index (Phi) is 5.89. The standard InChI is InChI=1S/C7H12N4O3/c1-5(12)14-6(7(13)9-2)3-4-10-11-8/h6H,3-4H2,1-2H3,(H,9,13). The summed E-state index contributed by atoms with van der Waals surface area (Å²) in [5, 5.41) is 5.59. The fourth-order valence-corrected chi connectivity index (χ4v) is 0.825. The van der Waals surface area contributed by atoms with E-state index in [1.54, 1.807) is 0 Å². The van der Waals surface area contributed by atoms with Gasteiger partial charge in [-0.15, -0.1) is 0 Å². The number of hydrogen-bond donors (Lipinski definition) is 1. The number of likely N-dealkylation sites (N-methyl/N-ethyl adjacent to an activating group) is 1. The molecule has 0 fully saturated rings. The largest absolute Gasteiger partial charge is 0.452 e. The molecule has 0 aliphatic rings. The molecule has 0 heterocycles. The van der Waals surface area contributed by atoms with Crippen molar-refractivity contribution in [2.75, 3.05) is 13.6 Å². The number of carbonyl (C=O) groups excluding carboxylic acids is 2. The number of esters is 1. The van der Waals surface area contributed by atoms with Gasteiger partial charge in [-0.1, -0.05) is 5.11 Å². The van der Waals surface area contributed by atoms with Crippen LogP contribution >= 0.6 is 0 Å². The second-order valence-corrected chi connectivity index (χ2v) is 2.46. The van der Waals surface area contributed by atoms with E-state index < -0.39 is 18.0 Å². The summed E-state index contributed by atoms with van der Waals surface area (Å²) in [5.74, 6) is -0.951. The fourth-order valence-electron chi connectivity index (χ4n) is 0.825. The molecule has 7 heteroatoms. The molecule has 0 spiro atoms. The third-order valence-electron chi connectivity index (χ3n) is 1.40. The Balaban J connectivity index is 4.16. The summed E-state index contributed by atoms with van der Waals surface area (Å²) in [7, 11) is 1.44. The van der Waals surface area contributed by atoms with Crippen LogP contribution in [0.5, 0.6) is 0 Å². The van der Waals surface area contributed by atoms with E-state index in [1.165, 1.54) is 14.0 Å². The number of nitrogens with one attached hydrogen (secondary N) is 1. The highest BCUT2D eigenvalue weighted by atomic mass is 16.5. The van der Waals surface area contributed by atoms with E-state index in [4.69, 9.17) is 10.3 Å². The van der Waals surface area contributed by atoms with E-state index in [9.17, 15) is 9.59 Å². The van der Waals surface area contributed by atoms with Crippen molar-refractivity contribution < 1.29 is 14.3 Å². The van der Waals surface area contributed by atoms with Gasteiger partial charge in [0.15, 0.2) is 6.10 Å². The van der Waals surface area contributed by atoms with Crippen molar-refractivity contribution in [2.45, 2.75) is 19.4 Å². The van der Waals surface area contributed by atoms with Crippen molar-refractivity contribution in [2.24, 2.45) is 5.11 Å². The zero-order chi connectivity index (χ0) is 11.0. The predicted molar refractivity (Wildman–Crippen MR) is 48.3 cm³/mol. The minimum Gasteiger partial charge on any atom is -0.452 e. The van der Waals surface area contributed by atoms with Gasteiger partial charge < -0.3 is 10.1 Å². The van der Waals surface area contributed by atoms with Crippen LogP contribution in [0.25, 0.3) is 10.4 Å². The minimum atomic E-state index is -0.886. The lowest BCUT2D eigenvalue weighted by atomic mass is 10.2. The third-order valence-corrected chi connectivity index (χ3v) is 1.40. The first kappa shape index (κ1) is 12.2. The van der Waals surface area contributed by atoms with Gasteiger partial charge in [-0.25, -0.2) is 0 Å². The lowest BCUT2D eigenvalue weighted by molar-refractivity contribution is -0.153. The van der Waals surface area contributed by atoms with Crippen LogP contribution in [0.2, 0.25) is 0 Å². The fraction of sp³-hybridized carbons (Fsp3) is 0.714. The molecule has 0 aliphatic heterocycles. The monoisotopic (exact) mass is 200 g/mol. The van der Waals surface area contributed by atoms with Crippen LogP contribution in [0.1, 0.15) is 13.3 Å². The molecule has 0 aromatic heterocycles. The Bertz CT molecular complexity index is 260. The Hall–Kier alpha value is -1.75. The molecular formula is C7H12N4O3. The molecule has 1 amide bonds. The Morgan fingerprint density at radius 3 is 2.71 bits per heavy atom. The van der Waals surface area contributed by atoms with Crippen molar-refractivity contribution in [3.63, 3.8) is 0 Å². The molecule has 0 saturated carbocycles. The number of rotatable bonds is 5. The van der Waals surface area contributed by atoms with E-state index in [1.807, 2.05) is 0 Å². The molecule has 0 saturated heterocycles. The SMILES string of the molecule is CNC(=O)C(CCN=[N+]=[N-])OC(C)=O. The van der Waals surface area contributed by atoms with Gasteiger partial charge in [0.2, 0.25) is 0 Å². The molecular weight excluding hydrogens is 188 g/mol. The minimum absolute atomic E-state index is 0.113.